The number of aromatic nitrogens is 9. The van der Waals surface area contributed by atoms with Gasteiger partial charge >= 0.3 is 0 Å². The van der Waals surface area contributed by atoms with Gasteiger partial charge in [0.05, 0.1) is 28.4 Å². The second kappa shape index (κ2) is 20.4. The molecule has 0 saturated carbocycles. The number of nitrogens with zero attached hydrogens (tertiary/aromatic N) is 11. The van der Waals surface area contributed by atoms with E-state index in [0.29, 0.717) is 58.1 Å². The summed E-state index contributed by atoms with van der Waals surface area (Å²) in [7, 11) is 0. The molecule has 11 nitrogen and oxygen atoms in total. The van der Waals surface area contributed by atoms with Gasteiger partial charge in [-0.15, -0.1) is 0 Å². The molecule has 0 fully saturated rings. The van der Waals surface area contributed by atoms with Crippen molar-refractivity contribution in [2.45, 2.75) is 0 Å². The highest BCUT2D eigenvalue weighted by atomic mass is 15.3. The molecule has 0 aliphatic carbocycles. The summed E-state index contributed by atoms with van der Waals surface area (Å²) in [6.45, 7) is 0. The topological polar surface area (TPSA) is 122 Å². The van der Waals surface area contributed by atoms with Crippen molar-refractivity contribution in [1.29, 1.82) is 0 Å². The van der Waals surface area contributed by atoms with Crippen LogP contribution in [-0.4, -0.2) is 44.9 Å². The maximum Gasteiger partial charge on any atom is 0.238 e. The Labute approximate surface area is 472 Å². The van der Waals surface area contributed by atoms with Crippen LogP contribution in [0.15, 0.2) is 273 Å². The fourth-order valence-corrected chi connectivity index (χ4v) is 10.9. The summed E-state index contributed by atoms with van der Waals surface area (Å²) in [4.78, 5) is 52.2. The average molecular weight is 1050 g/mol. The van der Waals surface area contributed by atoms with Gasteiger partial charge in [0.1, 0.15) is 0 Å². The fourth-order valence-electron chi connectivity index (χ4n) is 10.9. The molecular weight excluding hydrogens is 1010 g/mol. The Kier molecular flexibility index (Phi) is 11.9. The van der Waals surface area contributed by atoms with Gasteiger partial charge in [0.25, 0.3) is 0 Å². The van der Waals surface area contributed by atoms with Crippen molar-refractivity contribution in [2.75, 3.05) is 9.80 Å². The maximum absolute atomic E-state index is 5.44. The van der Waals surface area contributed by atoms with Crippen LogP contribution in [0.25, 0.3) is 113 Å². The van der Waals surface area contributed by atoms with E-state index in [1.54, 1.807) is 0 Å². The molecule has 0 spiro atoms. The van der Waals surface area contributed by atoms with Crippen LogP contribution in [0.3, 0.4) is 0 Å². The second-order valence-corrected chi connectivity index (χ2v) is 19.8. The summed E-state index contributed by atoms with van der Waals surface area (Å²) >= 11 is 0. The van der Waals surface area contributed by atoms with Crippen molar-refractivity contribution in [2.24, 2.45) is 0 Å². The van der Waals surface area contributed by atoms with E-state index in [2.05, 4.69) is 101 Å². The summed E-state index contributed by atoms with van der Waals surface area (Å²) in [6, 6.07) is 92.4. The summed E-state index contributed by atoms with van der Waals surface area (Å²) < 4.78 is 0. The average Bonchev–Trinajstić information content (AvgIpc) is 3.41. The first-order valence-electron chi connectivity index (χ1n) is 27.1. The number of hydrogen-bond acceptors (Lipinski definition) is 11. The quantitative estimate of drug-likeness (QED) is 0.122. The van der Waals surface area contributed by atoms with Crippen molar-refractivity contribution in [1.82, 2.24) is 44.9 Å². The minimum Gasteiger partial charge on any atom is -0.305 e. The minimum absolute atomic E-state index is 0.453. The van der Waals surface area contributed by atoms with Crippen molar-refractivity contribution in [3.05, 3.63) is 273 Å². The van der Waals surface area contributed by atoms with Gasteiger partial charge in [-0.3, -0.25) is 4.90 Å². The molecule has 0 unspecified atom stereocenters. The lowest BCUT2D eigenvalue weighted by molar-refractivity contribution is 1.01. The van der Waals surface area contributed by atoms with Crippen molar-refractivity contribution < 1.29 is 0 Å². The number of para-hydroxylation sites is 2. The molecule has 0 saturated heterocycles. The molecule has 14 aromatic rings. The highest BCUT2D eigenvalue weighted by Crippen LogP contribution is 2.60. The highest BCUT2D eigenvalue weighted by Gasteiger charge is 2.37. The lowest BCUT2D eigenvalue weighted by atomic mass is 9.93. The van der Waals surface area contributed by atoms with Crippen LogP contribution in [0.1, 0.15) is 0 Å². The number of anilines is 6. The van der Waals surface area contributed by atoms with Gasteiger partial charge in [-0.25, -0.2) is 34.9 Å². The Hall–Kier alpha value is -11.4. The Bertz CT molecular complexity index is 4510. The molecule has 3 aromatic heterocycles. The lowest BCUT2D eigenvalue weighted by Gasteiger charge is -2.41. The standard InChI is InChI=1S/C71H45N11/c1-7-25-46(26-8-1)63-72-64(47-27-9-2-10-28-47)75-69(74-63)52-43-44-58(57(45-52)70-77-65(48-29-11-3-12-30-48)73-66(78-70)49-31-13-4-14-32-49)81-59-41-23-24-42-60(59)82(62-56-40-22-20-38-54(56)53-37-19-21-39-55(53)61(62)81)71-79-67(50-33-15-5-16-34-50)76-68(80-71)51-35-17-6-18-36-51/h1-45H. The monoisotopic (exact) mass is 1050 g/mol. The van der Waals surface area contributed by atoms with E-state index in [1.165, 1.54) is 0 Å². The van der Waals surface area contributed by atoms with Gasteiger partial charge in [0.15, 0.2) is 46.6 Å². The molecular formula is C71H45N11. The number of benzene rings is 11. The van der Waals surface area contributed by atoms with Gasteiger partial charge in [-0.2, -0.15) is 9.97 Å². The first kappa shape index (κ1) is 47.8. The van der Waals surface area contributed by atoms with Gasteiger partial charge < -0.3 is 4.90 Å². The third kappa shape index (κ3) is 8.62. The molecule has 0 N–H and O–H groups in total. The van der Waals surface area contributed by atoms with E-state index in [-0.39, 0.29) is 0 Å². The van der Waals surface area contributed by atoms with Gasteiger partial charge in [-0.05, 0) is 41.1 Å². The van der Waals surface area contributed by atoms with E-state index in [0.717, 1.165) is 88.9 Å². The highest BCUT2D eigenvalue weighted by molar-refractivity contribution is 6.25. The van der Waals surface area contributed by atoms with E-state index in [1.807, 2.05) is 182 Å². The van der Waals surface area contributed by atoms with Crippen molar-refractivity contribution in [3.63, 3.8) is 0 Å². The van der Waals surface area contributed by atoms with Crippen LogP contribution in [0.5, 0.6) is 0 Å². The Morgan fingerprint density at radius 2 is 0.476 bits per heavy atom. The van der Waals surface area contributed by atoms with Crippen LogP contribution in [0, 0.1) is 0 Å². The molecule has 0 bridgehead atoms. The zero-order chi connectivity index (χ0) is 54.3. The number of fused-ring (bicyclic) bond motifs is 7. The predicted molar refractivity (Wildman–Crippen MR) is 328 cm³/mol. The Morgan fingerprint density at radius 3 is 0.854 bits per heavy atom. The van der Waals surface area contributed by atoms with E-state index < -0.39 is 0 Å². The van der Waals surface area contributed by atoms with Crippen molar-refractivity contribution in [3.8, 4) is 91.1 Å². The molecule has 1 aliphatic rings. The summed E-state index contributed by atoms with van der Waals surface area (Å²) in [5, 5.41) is 4.17. The first-order chi connectivity index (χ1) is 40.7. The molecule has 11 heteroatoms. The fraction of sp³-hybridized carbons (Fsp3) is 0. The molecule has 11 aromatic carbocycles. The van der Waals surface area contributed by atoms with Crippen LogP contribution in [-0.2, 0) is 0 Å². The zero-order valence-electron chi connectivity index (χ0n) is 43.9. The SMILES string of the molecule is c1ccc(-c2nc(-c3ccccc3)nc(-c3ccc(N4c5ccccc5N(c5nc(-c6ccccc6)nc(-c6ccccc6)n5)c5c4c4ccccc4c4ccccc54)c(-c4nc(-c5ccccc5)nc(-c5ccccc5)n4)c3)n2)cc1. The molecule has 0 atom stereocenters. The van der Waals surface area contributed by atoms with Crippen LogP contribution in [0.4, 0.5) is 34.4 Å². The van der Waals surface area contributed by atoms with Gasteiger partial charge in [-0.1, -0.05) is 243 Å². The third-order valence-corrected chi connectivity index (χ3v) is 14.7. The summed E-state index contributed by atoms with van der Waals surface area (Å²) in [5.74, 6) is 4.66. The van der Waals surface area contributed by atoms with Crippen LogP contribution >= 0.6 is 0 Å². The molecule has 0 radical (unpaired) electrons. The first-order valence-corrected chi connectivity index (χ1v) is 27.1. The maximum atomic E-state index is 5.44. The number of rotatable bonds is 10. The molecule has 1 aliphatic heterocycles. The third-order valence-electron chi connectivity index (χ3n) is 14.7. The van der Waals surface area contributed by atoms with Crippen molar-refractivity contribution >= 4 is 55.9 Å². The van der Waals surface area contributed by atoms with E-state index >= 15 is 0 Å². The normalized spacial score (nSPS) is 11.9. The largest absolute Gasteiger partial charge is 0.305 e. The Balaban J connectivity index is 1.04. The van der Waals surface area contributed by atoms with E-state index in [9.17, 15) is 0 Å². The predicted octanol–water partition coefficient (Wildman–Crippen LogP) is 17.1. The lowest BCUT2D eigenvalue weighted by Crippen LogP contribution is -2.26. The molecule has 82 heavy (non-hydrogen) atoms. The smallest absolute Gasteiger partial charge is 0.238 e. The van der Waals surface area contributed by atoms with E-state index in [4.69, 9.17) is 44.9 Å². The Morgan fingerprint density at radius 1 is 0.195 bits per heavy atom. The summed E-state index contributed by atoms with van der Waals surface area (Å²) in [5.41, 5.74) is 10.9. The zero-order valence-corrected chi connectivity index (χ0v) is 43.9. The molecule has 4 heterocycles. The molecule has 0 amide bonds. The molecule has 15 rings (SSSR count). The number of hydrogen-bond donors (Lipinski definition) is 0. The second-order valence-electron chi connectivity index (χ2n) is 19.8. The molecule has 384 valence electrons. The van der Waals surface area contributed by atoms with Gasteiger partial charge in [0.2, 0.25) is 5.95 Å². The van der Waals surface area contributed by atoms with Crippen LogP contribution in [0.2, 0.25) is 0 Å². The van der Waals surface area contributed by atoms with Gasteiger partial charge in [0, 0.05) is 55.3 Å². The summed E-state index contributed by atoms with van der Waals surface area (Å²) in [6.07, 6.45) is 0. The van der Waals surface area contributed by atoms with Crippen LogP contribution < -0.4 is 9.80 Å². The minimum atomic E-state index is 0.453.